The minimum atomic E-state index is -1.52. The van der Waals surface area contributed by atoms with Crippen LogP contribution < -0.4 is 5.32 Å². The number of hydrogen-bond acceptors (Lipinski definition) is 5. The highest BCUT2D eigenvalue weighted by Gasteiger charge is 2.33. The van der Waals surface area contributed by atoms with Gasteiger partial charge in [-0.3, -0.25) is 9.59 Å². The lowest BCUT2D eigenvalue weighted by Gasteiger charge is -2.28. The van der Waals surface area contributed by atoms with Gasteiger partial charge in [0.05, 0.1) is 6.42 Å². The second-order valence-electron chi connectivity index (χ2n) is 8.14. The fourth-order valence-electron chi connectivity index (χ4n) is 1.99. The Morgan fingerprint density at radius 1 is 1.17 bits per heavy atom. The van der Waals surface area contributed by atoms with Gasteiger partial charge in [0.25, 0.3) is 0 Å². The Hall–Kier alpha value is -1.95. The first-order valence-corrected chi connectivity index (χ1v) is 7.93. The number of aliphatic hydroxyl groups is 1. The van der Waals surface area contributed by atoms with Gasteiger partial charge < -0.3 is 15.2 Å². The molecule has 1 atom stereocenters. The molecule has 0 aliphatic heterocycles. The summed E-state index contributed by atoms with van der Waals surface area (Å²) in [6.07, 6.45) is 1.28. The van der Waals surface area contributed by atoms with Gasteiger partial charge in [-0.25, -0.2) is 4.98 Å². The Morgan fingerprint density at radius 2 is 1.75 bits per heavy atom. The van der Waals surface area contributed by atoms with E-state index in [2.05, 4.69) is 10.3 Å². The summed E-state index contributed by atoms with van der Waals surface area (Å²) in [6, 6.07) is 3.28. The Bertz CT molecular complexity index is 610. The number of carbonyl (C=O) groups is 2. The monoisotopic (exact) mass is 336 g/mol. The van der Waals surface area contributed by atoms with E-state index in [1.807, 2.05) is 0 Å². The van der Waals surface area contributed by atoms with Gasteiger partial charge in [-0.2, -0.15) is 0 Å². The fourth-order valence-corrected chi connectivity index (χ4v) is 1.99. The normalized spacial score (nSPS) is 14.7. The van der Waals surface area contributed by atoms with Crippen molar-refractivity contribution >= 4 is 17.7 Å². The Morgan fingerprint density at radius 3 is 2.25 bits per heavy atom. The summed E-state index contributed by atoms with van der Waals surface area (Å²) < 4.78 is 5.26. The van der Waals surface area contributed by atoms with E-state index in [4.69, 9.17) is 4.74 Å². The summed E-state index contributed by atoms with van der Waals surface area (Å²) in [5.74, 6) is -0.508. The molecule has 0 radical (unpaired) electrons. The molecule has 0 aliphatic carbocycles. The fraction of sp³-hybridized carbons (Fsp3) is 0.611. The Kier molecular flexibility index (Phi) is 5.77. The van der Waals surface area contributed by atoms with Crippen molar-refractivity contribution in [2.45, 2.75) is 66.1 Å². The number of esters is 1. The molecule has 0 fully saturated rings. The van der Waals surface area contributed by atoms with Gasteiger partial charge in [0, 0.05) is 17.2 Å². The van der Waals surface area contributed by atoms with Gasteiger partial charge in [0.15, 0.2) is 0 Å². The van der Waals surface area contributed by atoms with Crippen molar-refractivity contribution in [3.63, 3.8) is 0 Å². The molecule has 0 saturated heterocycles. The van der Waals surface area contributed by atoms with Gasteiger partial charge in [0.2, 0.25) is 5.91 Å². The maximum absolute atomic E-state index is 12.2. The molecule has 0 spiro atoms. The summed E-state index contributed by atoms with van der Waals surface area (Å²) in [5, 5.41) is 13.5. The molecule has 6 heteroatoms. The van der Waals surface area contributed by atoms with Crippen LogP contribution in [0.15, 0.2) is 18.3 Å². The third kappa shape index (κ3) is 5.92. The molecule has 0 saturated carbocycles. The molecular formula is C18H28N2O4. The largest absolute Gasteiger partial charge is 0.460 e. The number of hydrogen-bond donors (Lipinski definition) is 2. The van der Waals surface area contributed by atoms with E-state index in [-0.39, 0.29) is 18.1 Å². The molecule has 6 nitrogen and oxygen atoms in total. The lowest BCUT2D eigenvalue weighted by Crippen LogP contribution is -2.33. The second kappa shape index (κ2) is 6.89. The number of aromatic nitrogens is 1. The third-order valence-electron chi connectivity index (χ3n) is 3.21. The third-order valence-corrected chi connectivity index (χ3v) is 3.21. The number of pyridine rings is 1. The lowest BCUT2D eigenvalue weighted by atomic mass is 9.91. The molecule has 134 valence electrons. The van der Waals surface area contributed by atoms with Crippen LogP contribution in [0.4, 0.5) is 5.82 Å². The molecule has 24 heavy (non-hydrogen) atoms. The quantitative estimate of drug-likeness (QED) is 0.825. The number of carbonyl (C=O) groups excluding carboxylic acids is 2. The van der Waals surface area contributed by atoms with Crippen molar-refractivity contribution in [3.05, 3.63) is 23.9 Å². The van der Waals surface area contributed by atoms with Crippen LogP contribution in [-0.4, -0.2) is 27.6 Å². The van der Waals surface area contributed by atoms with E-state index in [1.165, 1.54) is 13.1 Å². The van der Waals surface area contributed by atoms with Crippen LogP contribution in [0.1, 0.15) is 60.5 Å². The summed E-state index contributed by atoms with van der Waals surface area (Å²) in [5.41, 5.74) is -2.39. The second-order valence-corrected chi connectivity index (χ2v) is 8.14. The molecule has 1 aromatic heterocycles. The summed E-state index contributed by atoms with van der Waals surface area (Å²) in [6.45, 7) is 12.1. The van der Waals surface area contributed by atoms with Crippen LogP contribution in [0, 0.1) is 5.41 Å². The first-order valence-electron chi connectivity index (χ1n) is 7.93. The first kappa shape index (κ1) is 20.1. The van der Waals surface area contributed by atoms with Crippen LogP contribution in [0.25, 0.3) is 0 Å². The minimum absolute atomic E-state index is 0.226. The molecule has 0 aromatic carbocycles. The topological polar surface area (TPSA) is 88.5 Å². The van der Waals surface area contributed by atoms with E-state index >= 15 is 0 Å². The smallest absolute Gasteiger partial charge is 0.309 e. The van der Waals surface area contributed by atoms with Crippen molar-refractivity contribution in [3.8, 4) is 0 Å². The highest BCUT2D eigenvalue weighted by atomic mass is 16.6. The zero-order valence-corrected chi connectivity index (χ0v) is 15.6. The lowest BCUT2D eigenvalue weighted by molar-refractivity contribution is -0.160. The van der Waals surface area contributed by atoms with Gasteiger partial charge in [0.1, 0.15) is 17.0 Å². The highest BCUT2D eigenvalue weighted by Crippen LogP contribution is 2.31. The van der Waals surface area contributed by atoms with Crippen molar-refractivity contribution in [2.75, 3.05) is 5.32 Å². The maximum atomic E-state index is 12.2. The predicted octanol–water partition coefficient (Wildman–Crippen LogP) is 3.01. The summed E-state index contributed by atoms with van der Waals surface area (Å²) in [4.78, 5) is 28.4. The Balaban J connectivity index is 3.04. The number of ether oxygens (including phenoxy) is 1. The molecule has 2 N–H and O–H groups in total. The zero-order chi connectivity index (χ0) is 18.8. The number of nitrogens with zero attached hydrogens (tertiary/aromatic N) is 1. The van der Waals surface area contributed by atoms with Gasteiger partial charge >= 0.3 is 5.97 Å². The minimum Gasteiger partial charge on any atom is -0.460 e. The van der Waals surface area contributed by atoms with Crippen LogP contribution in [0.5, 0.6) is 0 Å². The molecular weight excluding hydrogens is 308 g/mol. The van der Waals surface area contributed by atoms with Gasteiger partial charge in [-0.1, -0.05) is 26.8 Å². The SMILES string of the molecule is CC(C)(C)OC(=O)CC(C)(O)c1cccnc1NC(=O)C(C)(C)C. The maximum Gasteiger partial charge on any atom is 0.309 e. The molecule has 0 bridgehead atoms. The number of amides is 1. The summed E-state index contributed by atoms with van der Waals surface area (Å²) >= 11 is 0. The number of nitrogens with one attached hydrogen (secondary N) is 1. The van der Waals surface area contributed by atoms with E-state index < -0.39 is 22.6 Å². The van der Waals surface area contributed by atoms with Crippen molar-refractivity contribution < 1.29 is 19.4 Å². The molecule has 1 amide bonds. The van der Waals surface area contributed by atoms with Crippen LogP contribution in [-0.2, 0) is 19.9 Å². The molecule has 0 aliphatic rings. The van der Waals surface area contributed by atoms with Crippen LogP contribution >= 0.6 is 0 Å². The predicted molar refractivity (Wildman–Crippen MR) is 92.4 cm³/mol. The number of rotatable bonds is 4. The number of anilines is 1. The first-order chi connectivity index (χ1) is 10.7. The molecule has 1 unspecified atom stereocenters. The van der Waals surface area contributed by atoms with E-state index in [0.717, 1.165) is 0 Å². The van der Waals surface area contributed by atoms with E-state index in [1.54, 1.807) is 53.7 Å². The van der Waals surface area contributed by atoms with E-state index in [0.29, 0.717) is 5.56 Å². The Labute approximate surface area is 143 Å². The zero-order valence-electron chi connectivity index (χ0n) is 15.6. The van der Waals surface area contributed by atoms with Gasteiger partial charge in [-0.05, 0) is 33.8 Å². The van der Waals surface area contributed by atoms with Crippen molar-refractivity contribution in [1.82, 2.24) is 4.98 Å². The van der Waals surface area contributed by atoms with Crippen LogP contribution in [0.2, 0.25) is 0 Å². The molecule has 1 heterocycles. The highest BCUT2D eigenvalue weighted by molar-refractivity contribution is 5.94. The van der Waals surface area contributed by atoms with E-state index in [9.17, 15) is 14.7 Å². The average molecular weight is 336 g/mol. The standard InChI is InChI=1S/C18H28N2O4/c1-16(2,3)15(22)20-14-12(9-8-10-19-14)18(7,23)11-13(21)24-17(4,5)6/h8-10,23H,11H2,1-7H3,(H,19,20,22). The molecule has 1 rings (SSSR count). The van der Waals surface area contributed by atoms with Crippen molar-refractivity contribution in [1.29, 1.82) is 0 Å². The van der Waals surface area contributed by atoms with Gasteiger partial charge in [-0.15, -0.1) is 0 Å². The molecule has 1 aromatic rings. The summed E-state index contributed by atoms with van der Waals surface area (Å²) in [7, 11) is 0. The van der Waals surface area contributed by atoms with Crippen LogP contribution in [0.3, 0.4) is 0 Å². The average Bonchev–Trinajstić information content (AvgIpc) is 2.34. The van der Waals surface area contributed by atoms with Crippen molar-refractivity contribution in [2.24, 2.45) is 5.41 Å².